The van der Waals surface area contributed by atoms with Crippen LogP contribution < -0.4 is 5.32 Å². The normalized spacial score (nSPS) is 17.7. The van der Waals surface area contributed by atoms with Crippen molar-refractivity contribution in [2.75, 3.05) is 20.1 Å². The highest BCUT2D eigenvalue weighted by Crippen LogP contribution is 2.13. The first-order valence-corrected chi connectivity index (χ1v) is 5.45. The number of carboxylic acids is 1. The number of amides is 2. The fraction of sp³-hybridized carbons (Fsp3) is 0.600. The third kappa shape index (κ3) is 3.19. The standard InChI is InChI=1S/C10H15N3O5/c1-3-13(5-8(14)11-2)9(15)7-4-6(10(16)17)12-18-7/h7H,3-5H2,1-2H3,(H,11,14)(H,16,17). The Morgan fingerprint density at radius 1 is 1.56 bits per heavy atom. The molecule has 2 N–H and O–H groups in total. The van der Waals surface area contributed by atoms with Crippen molar-refractivity contribution in [1.82, 2.24) is 10.2 Å². The molecule has 0 saturated heterocycles. The first-order valence-electron chi connectivity index (χ1n) is 5.45. The monoisotopic (exact) mass is 257 g/mol. The smallest absolute Gasteiger partial charge is 0.353 e. The summed E-state index contributed by atoms with van der Waals surface area (Å²) >= 11 is 0. The van der Waals surface area contributed by atoms with E-state index in [2.05, 4.69) is 10.5 Å². The summed E-state index contributed by atoms with van der Waals surface area (Å²) in [7, 11) is 1.47. The number of carboxylic acid groups (broad SMARTS) is 1. The van der Waals surface area contributed by atoms with E-state index < -0.39 is 18.0 Å². The third-order valence-electron chi connectivity index (χ3n) is 2.50. The van der Waals surface area contributed by atoms with Gasteiger partial charge in [-0.15, -0.1) is 0 Å². The van der Waals surface area contributed by atoms with Crippen LogP contribution in [0.15, 0.2) is 5.16 Å². The van der Waals surface area contributed by atoms with Crippen LogP contribution in [0.2, 0.25) is 0 Å². The average molecular weight is 257 g/mol. The molecule has 0 bridgehead atoms. The van der Waals surface area contributed by atoms with Crippen molar-refractivity contribution in [3.8, 4) is 0 Å². The molecule has 2 amide bonds. The van der Waals surface area contributed by atoms with Crippen LogP contribution in [0.1, 0.15) is 13.3 Å². The summed E-state index contributed by atoms with van der Waals surface area (Å²) < 4.78 is 0. The van der Waals surface area contributed by atoms with Crippen LogP contribution in [-0.4, -0.2) is 59.7 Å². The van der Waals surface area contributed by atoms with Crippen LogP contribution in [0.25, 0.3) is 0 Å². The first kappa shape index (κ1) is 13.9. The zero-order valence-corrected chi connectivity index (χ0v) is 10.2. The second-order valence-corrected chi connectivity index (χ2v) is 3.67. The van der Waals surface area contributed by atoms with Gasteiger partial charge in [-0.05, 0) is 6.92 Å². The molecule has 1 atom stereocenters. The second kappa shape index (κ2) is 5.99. The van der Waals surface area contributed by atoms with Gasteiger partial charge in [0.2, 0.25) is 12.0 Å². The van der Waals surface area contributed by atoms with Gasteiger partial charge < -0.3 is 20.2 Å². The van der Waals surface area contributed by atoms with Gasteiger partial charge in [-0.3, -0.25) is 9.59 Å². The zero-order valence-electron chi connectivity index (χ0n) is 10.2. The van der Waals surface area contributed by atoms with Gasteiger partial charge in [0.25, 0.3) is 5.91 Å². The van der Waals surface area contributed by atoms with Crippen molar-refractivity contribution < 1.29 is 24.3 Å². The predicted molar refractivity (Wildman–Crippen MR) is 60.9 cm³/mol. The Labute approximate surface area is 104 Å². The number of carbonyl (C=O) groups is 3. The van der Waals surface area contributed by atoms with Crippen molar-refractivity contribution in [2.24, 2.45) is 5.16 Å². The molecule has 1 aliphatic rings. The molecule has 1 aliphatic heterocycles. The van der Waals surface area contributed by atoms with E-state index in [0.717, 1.165) is 0 Å². The molecule has 8 heteroatoms. The molecular weight excluding hydrogens is 242 g/mol. The van der Waals surface area contributed by atoms with Gasteiger partial charge in [0.15, 0.2) is 5.71 Å². The van der Waals surface area contributed by atoms with E-state index in [-0.39, 0.29) is 24.6 Å². The molecule has 1 heterocycles. The lowest BCUT2D eigenvalue weighted by Crippen LogP contribution is -2.44. The van der Waals surface area contributed by atoms with E-state index in [9.17, 15) is 14.4 Å². The molecule has 100 valence electrons. The van der Waals surface area contributed by atoms with E-state index in [1.54, 1.807) is 6.92 Å². The summed E-state index contributed by atoms with van der Waals surface area (Å²) in [6.07, 6.45) is -1.04. The number of oxime groups is 1. The van der Waals surface area contributed by atoms with Crippen molar-refractivity contribution in [3.05, 3.63) is 0 Å². The summed E-state index contributed by atoms with van der Waals surface area (Å²) in [5.74, 6) is -1.96. The topological polar surface area (TPSA) is 108 Å². The Morgan fingerprint density at radius 2 is 2.22 bits per heavy atom. The van der Waals surface area contributed by atoms with E-state index in [1.807, 2.05) is 0 Å². The summed E-state index contributed by atoms with van der Waals surface area (Å²) in [6, 6.07) is 0. The lowest BCUT2D eigenvalue weighted by atomic mass is 10.1. The highest BCUT2D eigenvalue weighted by atomic mass is 16.6. The fourth-order valence-corrected chi connectivity index (χ4v) is 1.44. The lowest BCUT2D eigenvalue weighted by Gasteiger charge is -2.21. The maximum absolute atomic E-state index is 12.0. The molecular formula is C10H15N3O5. The summed E-state index contributed by atoms with van der Waals surface area (Å²) in [6.45, 7) is 1.96. The molecule has 0 spiro atoms. The van der Waals surface area contributed by atoms with Gasteiger partial charge in [-0.1, -0.05) is 5.16 Å². The number of hydrogen-bond donors (Lipinski definition) is 2. The highest BCUT2D eigenvalue weighted by molar-refractivity contribution is 6.36. The molecule has 18 heavy (non-hydrogen) atoms. The van der Waals surface area contributed by atoms with Crippen LogP contribution in [0.5, 0.6) is 0 Å². The van der Waals surface area contributed by atoms with Gasteiger partial charge >= 0.3 is 5.97 Å². The zero-order chi connectivity index (χ0) is 13.7. The quantitative estimate of drug-likeness (QED) is 0.643. The van der Waals surface area contributed by atoms with Crippen LogP contribution in [0, 0.1) is 0 Å². The van der Waals surface area contributed by atoms with Crippen molar-refractivity contribution in [3.63, 3.8) is 0 Å². The van der Waals surface area contributed by atoms with E-state index in [0.29, 0.717) is 6.54 Å². The van der Waals surface area contributed by atoms with Crippen LogP contribution >= 0.6 is 0 Å². The minimum absolute atomic E-state index is 0.0849. The second-order valence-electron chi connectivity index (χ2n) is 3.67. The molecule has 8 nitrogen and oxygen atoms in total. The van der Waals surface area contributed by atoms with Crippen LogP contribution in [0.4, 0.5) is 0 Å². The molecule has 0 aromatic heterocycles. The van der Waals surface area contributed by atoms with Gasteiger partial charge in [-0.25, -0.2) is 4.79 Å². The highest BCUT2D eigenvalue weighted by Gasteiger charge is 2.34. The maximum Gasteiger partial charge on any atom is 0.353 e. The largest absolute Gasteiger partial charge is 0.477 e. The number of aliphatic carboxylic acids is 1. The molecule has 0 aromatic rings. The molecule has 0 radical (unpaired) electrons. The number of nitrogens with zero attached hydrogens (tertiary/aromatic N) is 2. The van der Waals surface area contributed by atoms with Crippen molar-refractivity contribution in [2.45, 2.75) is 19.4 Å². The molecule has 0 aromatic carbocycles. The Kier molecular flexibility index (Phi) is 4.64. The lowest BCUT2D eigenvalue weighted by molar-refractivity contribution is -0.144. The minimum atomic E-state index is -1.21. The molecule has 0 saturated carbocycles. The molecule has 1 rings (SSSR count). The number of nitrogens with one attached hydrogen (secondary N) is 1. The SMILES string of the molecule is CCN(CC(=O)NC)C(=O)C1CC(C(=O)O)=NO1. The molecule has 0 fully saturated rings. The Hall–Kier alpha value is -2.12. The van der Waals surface area contributed by atoms with Crippen molar-refractivity contribution >= 4 is 23.5 Å². The number of carbonyl (C=O) groups excluding carboxylic acids is 2. The Bertz CT molecular complexity index is 393. The van der Waals surface area contributed by atoms with Gasteiger partial charge in [0, 0.05) is 20.0 Å². The van der Waals surface area contributed by atoms with Crippen molar-refractivity contribution in [1.29, 1.82) is 0 Å². The fourth-order valence-electron chi connectivity index (χ4n) is 1.44. The first-order chi connectivity index (χ1) is 8.49. The summed E-state index contributed by atoms with van der Waals surface area (Å²) in [4.78, 5) is 39.8. The Morgan fingerprint density at radius 3 is 2.67 bits per heavy atom. The van der Waals surface area contributed by atoms with Gasteiger partial charge in [0.1, 0.15) is 0 Å². The van der Waals surface area contributed by atoms with E-state index in [4.69, 9.17) is 9.94 Å². The summed E-state index contributed by atoms with van der Waals surface area (Å²) in [5, 5.41) is 14.4. The van der Waals surface area contributed by atoms with Crippen LogP contribution in [0.3, 0.4) is 0 Å². The summed E-state index contributed by atoms with van der Waals surface area (Å²) in [5.41, 5.74) is -0.190. The predicted octanol–water partition coefficient (Wildman–Crippen LogP) is -1.19. The third-order valence-corrected chi connectivity index (χ3v) is 2.50. The van der Waals surface area contributed by atoms with E-state index >= 15 is 0 Å². The number of rotatable bonds is 5. The molecule has 1 unspecified atom stereocenters. The minimum Gasteiger partial charge on any atom is -0.477 e. The van der Waals surface area contributed by atoms with E-state index in [1.165, 1.54) is 11.9 Å². The number of likely N-dealkylation sites (N-methyl/N-ethyl adjacent to an activating group) is 2. The average Bonchev–Trinajstić information content (AvgIpc) is 2.84. The number of hydrogen-bond acceptors (Lipinski definition) is 5. The van der Waals surface area contributed by atoms with Gasteiger partial charge in [-0.2, -0.15) is 0 Å². The van der Waals surface area contributed by atoms with Gasteiger partial charge in [0.05, 0.1) is 6.54 Å². The van der Waals surface area contributed by atoms with Crippen LogP contribution in [-0.2, 0) is 19.2 Å². The maximum atomic E-state index is 12.0. The Balaban J connectivity index is 2.59. The molecule has 0 aliphatic carbocycles.